The monoisotopic (exact) mass is 352 g/mol. The van der Waals surface area contributed by atoms with Crippen LogP contribution in [0.15, 0.2) is 28.7 Å². The molecule has 1 saturated heterocycles. The Hall–Kier alpha value is -1.36. The van der Waals surface area contributed by atoms with E-state index >= 15 is 0 Å². The average Bonchev–Trinajstić information content (AvgIpc) is 2.47. The molecule has 2 amide bonds. The molecule has 1 fully saturated rings. The molecule has 0 spiro atoms. The van der Waals surface area contributed by atoms with Crippen LogP contribution in [0, 0.1) is 0 Å². The molecule has 5 heteroatoms. The van der Waals surface area contributed by atoms with Gasteiger partial charge in [0.1, 0.15) is 6.04 Å². The second kappa shape index (κ2) is 7.07. The molecule has 1 aromatic rings. The highest BCUT2D eigenvalue weighted by Gasteiger charge is 2.27. The van der Waals surface area contributed by atoms with Crippen LogP contribution >= 0.6 is 15.9 Å². The summed E-state index contributed by atoms with van der Waals surface area (Å²) in [6, 6.07) is 6.86. The molecular weight excluding hydrogens is 332 g/mol. The largest absolute Gasteiger partial charge is 0.341 e. The number of nitrogens with zero attached hydrogens (tertiary/aromatic N) is 1. The second-order valence-electron chi connectivity index (χ2n) is 5.58. The highest BCUT2D eigenvalue weighted by molar-refractivity contribution is 9.10. The van der Waals surface area contributed by atoms with Gasteiger partial charge in [-0.2, -0.15) is 0 Å². The Kier molecular flexibility index (Phi) is 5.39. The number of benzene rings is 1. The molecule has 114 valence electrons. The van der Waals surface area contributed by atoms with E-state index in [0.717, 1.165) is 23.9 Å². The first-order valence-corrected chi connectivity index (χ1v) is 8.15. The second-order valence-corrected chi connectivity index (χ2v) is 6.49. The van der Waals surface area contributed by atoms with E-state index in [1.807, 2.05) is 17.0 Å². The Balaban J connectivity index is 1.96. The van der Waals surface area contributed by atoms with E-state index in [4.69, 9.17) is 0 Å². The minimum atomic E-state index is -0.498. The first-order valence-electron chi connectivity index (χ1n) is 7.36. The van der Waals surface area contributed by atoms with Crippen molar-refractivity contribution >= 4 is 27.7 Å². The van der Waals surface area contributed by atoms with Crippen LogP contribution < -0.4 is 5.32 Å². The van der Waals surface area contributed by atoms with Gasteiger partial charge in [0.2, 0.25) is 5.91 Å². The number of halogens is 1. The predicted molar refractivity (Wildman–Crippen MR) is 86.1 cm³/mol. The van der Waals surface area contributed by atoms with E-state index < -0.39 is 6.04 Å². The van der Waals surface area contributed by atoms with Gasteiger partial charge in [-0.05, 0) is 57.4 Å². The molecule has 2 unspecified atom stereocenters. The van der Waals surface area contributed by atoms with Crippen molar-refractivity contribution in [2.45, 2.75) is 45.2 Å². The van der Waals surface area contributed by atoms with Crippen LogP contribution in [0.5, 0.6) is 0 Å². The molecule has 21 heavy (non-hydrogen) atoms. The Morgan fingerprint density at radius 1 is 1.29 bits per heavy atom. The normalized spacial score (nSPS) is 20.0. The summed E-state index contributed by atoms with van der Waals surface area (Å²) in [5.74, 6) is -0.208. The van der Waals surface area contributed by atoms with Crippen molar-refractivity contribution < 1.29 is 9.59 Å². The Bertz CT molecular complexity index is 516. The third kappa shape index (κ3) is 4.06. The number of nitrogens with one attached hydrogen (secondary N) is 1. The lowest BCUT2D eigenvalue weighted by Gasteiger charge is -2.35. The van der Waals surface area contributed by atoms with Crippen LogP contribution in [-0.2, 0) is 4.79 Å². The zero-order valence-electron chi connectivity index (χ0n) is 12.4. The third-order valence-electron chi connectivity index (χ3n) is 3.91. The quantitative estimate of drug-likeness (QED) is 0.908. The molecule has 0 aliphatic carbocycles. The first kappa shape index (κ1) is 16.0. The molecule has 1 heterocycles. The van der Waals surface area contributed by atoms with Gasteiger partial charge in [-0.25, -0.2) is 0 Å². The van der Waals surface area contributed by atoms with E-state index in [1.165, 1.54) is 6.42 Å². The predicted octanol–water partition coefficient (Wildman–Crippen LogP) is 2.97. The average molecular weight is 353 g/mol. The standard InChI is InChI=1S/C16H21BrN2O2/c1-11-5-3-4-10-19(11)16(21)12(2)18-15(20)13-6-8-14(17)9-7-13/h6-9,11-12H,3-5,10H2,1-2H3,(H,18,20). The Morgan fingerprint density at radius 2 is 1.95 bits per heavy atom. The maximum absolute atomic E-state index is 12.4. The summed E-state index contributed by atoms with van der Waals surface area (Å²) in [6.45, 7) is 4.61. The van der Waals surface area contributed by atoms with Gasteiger partial charge in [-0.15, -0.1) is 0 Å². The van der Waals surface area contributed by atoms with Crippen molar-refractivity contribution in [1.29, 1.82) is 0 Å². The number of carbonyl (C=O) groups is 2. The van der Waals surface area contributed by atoms with Crippen molar-refractivity contribution in [1.82, 2.24) is 10.2 Å². The fourth-order valence-corrected chi connectivity index (χ4v) is 2.88. The number of carbonyl (C=O) groups excluding carboxylic acids is 2. The molecule has 0 radical (unpaired) electrons. The summed E-state index contributed by atoms with van der Waals surface area (Å²) in [5.41, 5.74) is 0.560. The van der Waals surface area contributed by atoms with Crippen molar-refractivity contribution in [3.8, 4) is 0 Å². The molecule has 2 atom stereocenters. The number of piperidine rings is 1. The maximum atomic E-state index is 12.4. The highest BCUT2D eigenvalue weighted by atomic mass is 79.9. The summed E-state index contributed by atoms with van der Waals surface area (Å²) in [6.07, 6.45) is 3.26. The van der Waals surface area contributed by atoms with Gasteiger partial charge >= 0.3 is 0 Å². The van der Waals surface area contributed by atoms with Crippen molar-refractivity contribution in [3.05, 3.63) is 34.3 Å². The first-order chi connectivity index (χ1) is 9.99. The molecule has 0 aromatic heterocycles. The van der Waals surface area contributed by atoms with Gasteiger partial charge in [-0.3, -0.25) is 9.59 Å². The van der Waals surface area contributed by atoms with E-state index in [1.54, 1.807) is 19.1 Å². The van der Waals surface area contributed by atoms with Gasteiger partial charge < -0.3 is 10.2 Å². The van der Waals surface area contributed by atoms with Gasteiger partial charge in [0.25, 0.3) is 5.91 Å². The molecule has 1 N–H and O–H groups in total. The molecular formula is C16H21BrN2O2. The lowest BCUT2D eigenvalue weighted by atomic mass is 10.0. The molecule has 2 rings (SSSR count). The summed E-state index contributed by atoms with van der Waals surface area (Å²) in [7, 11) is 0. The zero-order chi connectivity index (χ0) is 15.4. The minimum absolute atomic E-state index is 0.00709. The third-order valence-corrected chi connectivity index (χ3v) is 4.44. The van der Waals surface area contributed by atoms with Gasteiger partial charge in [0.05, 0.1) is 0 Å². The lowest BCUT2D eigenvalue weighted by Crippen LogP contribution is -2.51. The topological polar surface area (TPSA) is 49.4 Å². The molecule has 4 nitrogen and oxygen atoms in total. The Labute approximate surface area is 134 Å². The van der Waals surface area contributed by atoms with E-state index in [-0.39, 0.29) is 17.9 Å². The van der Waals surface area contributed by atoms with Gasteiger partial charge in [0, 0.05) is 22.6 Å². The van der Waals surface area contributed by atoms with Crippen molar-refractivity contribution in [2.24, 2.45) is 0 Å². The van der Waals surface area contributed by atoms with Crippen LogP contribution in [-0.4, -0.2) is 35.3 Å². The SMILES string of the molecule is CC(NC(=O)c1ccc(Br)cc1)C(=O)N1CCCCC1C. The van der Waals surface area contributed by atoms with Crippen molar-refractivity contribution in [3.63, 3.8) is 0 Å². The van der Waals surface area contributed by atoms with Crippen LogP contribution in [0.3, 0.4) is 0 Å². The Morgan fingerprint density at radius 3 is 2.57 bits per heavy atom. The van der Waals surface area contributed by atoms with E-state index in [0.29, 0.717) is 5.56 Å². The van der Waals surface area contributed by atoms with E-state index in [2.05, 4.69) is 28.2 Å². The number of hydrogen-bond acceptors (Lipinski definition) is 2. The summed E-state index contributed by atoms with van der Waals surface area (Å²) in [5, 5.41) is 2.79. The van der Waals surface area contributed by atoms with Gasteiger partial charge in [0.15, 0.2) is 0 Å². The fraction of sp³-hybridized carbons (Fsp3) is 0.500. The van der Waals surface area contributed by atoms with Crippen molar-refractivity contribution in [2.75, 3.05) is 6.54 Å². The lowest BCUT2D eigenvalue weighted by molar-refractivity contribution is -0.136. The molecule has 1 aliphatic rings. The molecule has 0 saturated carbocycles. The van der Waals surface area contributed by atoms with Crippen LogP contribution in [0.1, 0.15) is 43.5 Å². The van der Waals surface area contributed by atoms with Crippen LogP contribution in [0.2, 0.25) is 0 Å². The van der Waals surface area contributed by atoms with Crippen LogP contribution in [0.25, 0.3) is 0 Å². The zero-order valence-corrected chi connectivity index (χ0v) is 14.0. The minimum Gasteiger partial charge on any atom is -0.341 e. The van der Waals surface area contributed by atoms with Gasteiger partial charge in [-0.1, -0.05) is 15.9 Å². The highest BCUT2D eigenvalue weighted by Crippen LogP contribution is 2.17. The number of hydrogen-bond donors (Lipinski definition) is 1. The number of rotatable bonds is 3. The maximum Gasteiger partial charge on any atom is 0.251 e. The molecule has 1 aliphatic heterocycles. The number of amides is 2. The van der Waals surface area contributed by atoms with Crippen LogP contribution in [0.4, 0.5) is 0 Å². The molecule has 1 aromatic carbocycles. The fourth-order valence-electron chi connectivity index (χ4n) is 2.62. The smallest absolute Gasteiger partial charge is 0.251 e. The van der Waals surface area contributed by atoms with E-state index in [9.17, 15) is 9.59 Å². The summed E-state index contributed by atoms with van der Waals surface area (Å²) in [4.78, 5) is 26.5. The summed E-state index contributed by atoms with van der Waals surface area (Å²) < 4.78 is 0.922. The number of likely N-dealkylation sites (tertiary alicyclic amines) is 1. The molecule has 0 bridgehead atoms. The summed E-state index contributed by atoms with van der Waals surface area (Å²) >= 11 is 3.33.